The van der Waals surface area contributed by atoms with Crippen molar-refractivity contribution in [2.45, 2.75) is 44.8 Å². The third kappa shape index (κ3) is 4.68. The number of piperidine rings is 2. The van der Waals surface area contributed by atoms with Crippen LogP contribution in [0.25, 0.3) is 0 Å². The molecule has 1 aromatic heterocycles. The quantitative estimate of drug-likeness (QED) is 0.580. The number of nitrogens with zero attached hydrogens (tertiary/aromatic N) is 4. The van der Waals surface area contributed by atoms with Gasteiger partial charge in [-0.1, -0.05) is 0 Å². The van der Waals surface area contributed by atoms with Crippen LogP contribution in [0.1, 0.15) is 37.7 Å². The molecular weight excluding hydrogens is 367 g/mol. The maximum Gasteiger partial charge on any atom is 0.437 e. The number of rotatable bonds is 4. The van der Waals surface area contributed by atoms with Gasteiger partial charge in [0.15, 0.2) is 17.6 Å². The molecule has 10 heteroatoms. The van der Waals surface area contributed by atoms with E-state index < -0.39 is 17.9 Å². The minimum Gasteiger partial charge on any atom is -0.443 e. The van der Waals surface area contributed by atoms with Gasteiger partial charge >= 0.3 is 6.09 Å². The van der Waals surface area contributed by atoms with E-state index in [2.05, 4.69) is 9.98 Å². The number of amides is 2. The molecule has 2 aliphatic rings. The lowest BCUT2D eigenvalue weighted by Crippen LogP contribution is -2.49. The van der Waals surface area contributed by atoms with E-state index in [0.717, 1.165) is 32.2 Å². The van der Waals surface area contributed by atoms with Crippen molar-refractivity contribution in [1.29, 1.82) is 0 Å². The first-order valence-electron chi connectivity index (χ1n) is 9.40. The Morgan fingerprint density at radius 3 is 2.71 bits per heavy atom. The molecule has 0 aromatic carbocycles. The summed E-state index contributed by atoms with van der Waals surface area (Å²) in [6.07, 6.45) is 4.67. The molecule has 2 saturated heterocycles. The highest BCUT2D eigenvalue weighted by molar-refractivity contribution is 5.87. The summed E-state index contributed by atoms with van der Waals surface area (Å²) < 4.78 is 19.7. The highest BCUT2D eigenvalue weighted by Crippen LogP contribution is 2.27. The van der Waals surface area contributed by atoms with Gasteiger partial charge in [-0.15, -0.1) is 4.99 Å². The fourth-order valence-corrected chi connectivity index (χ4v) is 3.68. The molecule has 28 heavy (non-hydrogen) atoms. The van der Waals surface area contributed by atoms with Gasteiger partial charge < -0.3 is 26.0 Å². The van der Waals surface area contributed by atoms with Crippen molar-refractivity contribution >= 4 is 23.8 Å². The Bertz CT molecular complexity index is 760. The summed E-state index contributed by atoms with van der Waals surface area (Å²) in [6, 6.07) is 1.65. The summed E-state index contributed by atoms with van der Waals surface area (Å²) in [4.78, 5) is 34.7. The van der Waals surface area contributed by atoms with Crippen LogP contribution in [0, 0.1) is 5.82 Å². The zero-order valence-electron chi connectivity index (χ0n) is 15.6. The molecule has 0 atom stereocenters. The lowest BCUT2D eigenvalue weighted by Gasteiger charge is -2.40. The van der Waals surface area contributed by atoms with E-state index in [0.29, 0.717) is 19.5 Å². The minimum atomic E-state index is -0.982. The molecule has 152 valence electrons. The van der Waals surface area contributed by atoms with Gasteiger partial charge in [0.2, 0.25) is 5.91 Å². The van der Waals surface area contributed by atoms with Crippen LogP contribution in [0.15, 0.2) is 17.3 Å². The molecule has 0 unspecified atom stereocenters. The van der Waals surface area contributed by atoms with E-state index >= 15 is 0 Å². The summed E-state index contributed by atoms with van der Waals surface area (Å²) in [6.45, 7) is 1.73. The molecule has 0 spiro atoms. The Labute approximate surface area is 162 Å². The monoisotopic (exact) mass is 392 g/mol. The molecule has 9 nitrogen and oxygen atoms in total. The Morgan fingerprint density at radius 1 is 1.29 bits per heavy atom. The number of carbonyl (C=O) groups is 2. The fourth-order valence-electron chi connectivity index (χ4n) is 3.68. The zero-order valence-corrected chi connectivity index (χ0v) is 15.6. The van der Waals surface area contributed by atoms with Gasteiger partial charge in [-0.3, -0.25) is 4.79 Å². The van der Waals surface area contributed by atoms with Gasteiger partial charge in [0, 0.05) is 43.9 Å². The number of likely N-dealkylation sites (tertiary alicyclic amines) is 1. The second-order valence-corrected chi connectivity index (χ2v) is 6.96. The average molecular weight is 392 g/mol. The van der Waals surface area contributed by atoms with Crippen LogP contribution in [-0.4, -0.2) is 53.5 Å². The number of hydrogen-bond donors (Lipinski definition) is 2. The summed E-state index contributed by atoms with van der Waals surface area (Å²) in [5.74, 6) is -0.513. The van der Waals surface area contributed by atoms with Gasteiger partial charge in [0.25, 0.3) is 0 Å². The molecule has 2 amide bonds. The number of hydrogen-bond acceptors (Lipinski definition) is 5. The van der Waals surface area contributed by atoms with E-state index in [9.17, 15) is 14.0 Å². The lowest BCUT2D eigenvalue weighted by atomic mass is 9.99. The number of carbonyl (C=O) groups excluding carboxylic acids is 2. The first-order valence-corrected chi connectivity index (χ1v) is 9.40. The maximum absolute atomic E-state index is 14.8. The maximum atomic E-state index is 14.8. The van der Waals surface area contributed by atoms with Crippen molar-refractivity contribution in [3.05, 3.63) is 23.6 Å². The first-order chi connectivity index (χ1) is 13.5. The highest BCUT2D eigenvalue weighted by atomic mass is 19.1. The molecule has 0 radical (unpaired) electrons. The molecular formula is C18H25FN6O3. The number of anilines is 1. The van der Waals surface area contributed by atoms with Crippen LogP contribution in [0.3, 0.4) is 0 Å². The summed E-state index contributed by atoms with van der Waals surface area (Å²) in [5, 5.41) is 0. The van der Waals surface area contributed by atoms with Crippen molar-refractivity contribution in [2.24, 2.45) is 16.5 Å². The van der Waals surface area contributed by atoms with E-state index in [1.165, 1.54) is 12.3 Å². The Kier molecular flexibility index (Phi) is 6.27. The average Bonchev–Trinajstić information content (AvgIpc) is 2.67. The molecule has 2 fully saturated rings. The first kappa shape index (κ1) is 19.8. The Balaban J connectivity index is 1.61. The van der Waals surface area contributed by atoms with Gasteiger partial charge in [-0.25, -0.2) is 14.2 Å². The topological polar surface area (TPSA) is 127 Å². The molecule has 0 saturated carbocycles. The van der Waals surface area contributed by atoms with Crippen LogP contribution >= 0.6 is 0 Å². The van der Waals surface area contributed by atoms with E-state index in [1.54, 1.807) is 0 Å². The van der Waals surface area contributed by atoms with Crippen molar-refractivity contribution in [3.63, 3.8) is 0 Å². The van der Waals surface area contributed by atoms with Gasteiger partial charge in [0.05, 0.1) is 0 Å². The smallest absolute Gasteiger partial charge is 0.437 e. The predicted molar refractivity (Wildman–Crippen MR) is 101 cm³/mol. The second-order valence-electron chi connectivity index (χ2n) is 6.96. The molecule has 1 aromatic rings. The highest BCUT2D eigenvalue weighted by Gasteiger charge is 2.30. The number of nitrogens with two attached hydrogens (primary N) is 2. The zero-order chi connectivity index (χ0) is 20.1. The largest absolute Gasteiger partial charge is 0.443 e. The molecule has 2 aliphatic heterocycles. The van der Waals surface area contributed by atoms with Gasteiger partial charge in [0.1, 0.15) is 6.61 Å². The lowest BCUT2D eigenvalue weighted by molar-refractivity contribution is -0.136. The summed E-state index contributed by atoms with van der Waals surface area (Å²) in [5.41, 5.74) is 10.4. The number of guanidine groups is 1. The number of ether oxygens (including phenoxy) is 1. The normalized spacial score (nSPS) is 18.1. The molecule has 3 rings (SSSR count). The van der Waals surface area contributed by atoms with Gasteiger partial charge in [-0.05, 0) is 31.7 Å². The SMILES string of the molecule is NC(N)=NC(=O)OCc1ccnc(N2CCC(N3CCCCC3=O)CC2)c1F. The minimum absolute atomic E-state index is 0.192. The van der Waals surface area contributed by atoms with E-state index in [4.69, 9.17) is 16.2 Å². The summed E-state index contributed by atoms with van der Waals surface area (Å²) >= 11 is 0. The van der Waals surface area contributed by atoms with E-state index in [1.807, 2.05) is 9.80 Å². The summed E-state index contributed by atoms with van der Waals surface area (Å²) in [7, 11) is 0. The fraction of sp³-hybridized carbons (Fsp3) is 0.556. The Morgan fingerprint density at radius 2 is 2.04 bits per heavy atom. The number of halogens is 1. The second kappa shape index (κ2) is 8.85. The van der Waals surface area contributed by atoms with Crippen molar-refractivity contribution in [3.8, 4) is 0 Å². The standard InChI is InChI=1S/C18H25FN6O3/c19-15-12(11-28-18(27)23-17(20)21)4-7-22-16(15)24-9-5-13(6-10-24)25-8-2-1-3-14(25)26/h4,7,13H,1-3,5-6,8-11H2,(H4,20,21,23,27). The molecule has 4 N–H and O–H groups in total. The third-order valence-electron chi connectivity index (χ3n) is 5.09. The molecule has 0 bridgehead atoms. The van der Waals surface area contributed by atoms with Crippen molar-refractivity contribution < 1.29 is 18.7 Å². The van der Waals surface area contributed by atoms with Crippen LogP contribution in [-0.2, 0) is 16.1 Å². The van der Waals surface area contributed by atoms with E-state index in [-0.39, 0.29) is 29.9 Å². The van der Waals surface area contributed by atoms with Crippen LogP contribution in [0.5, 0.6) is 0 Å². The predicted octanol–water partition coefficient (Wildman–Crippen LogP) is 1.11. The molecule has 3 heterocycles. The van der Waals surface area contributed by atoms with Crippen LogP contribution in [0.2, 0.25) is 0 Å². The number of aliphatic imine (C=N–C) groups is 1. The number of pyridine rings is 1. The Hall–Kier alpha value is -2.91. The van der Waals surface area contributed by atoms with Crippen molar-refractivity contribution in [2.75, 3.05) is 24.5 Å². The molecule has 0 aliphatic carbocycles. The number of aromatic nitrogens is 1. The third-order valence-corrected chi connectivity index (χ3v) is 5.09. The van der Waals surface area contributed by atoms with Crippen LogP contribution in [0.4, 0.5) is 15.0 Å². The van der Waals surface area contributed by atoms with Crippen LogP contribution < -0.4 is 16.4 Å². The van der Waals surface area contributed by atoms with Crippen molar-refractivity contribution in [1.82, 2.24) is 9.88 Å². The van der Waals surface area contributed by atoms with Gasteiger partial charge in [-0.2, -0.15) is 0 Å².